The summed E-state index contributed by atoms with van der Waals surface area (Å²) >= 11 is 3.14. The Labute approximate surface area is 182 Å². The molecule has 1 saturated heterocycles. The second-order valence-corrected chi connectivity index (χ2v) is 9.35. The van der Waals surface area contributed by atoms with Crippen LogP contribution in [0.4, 0.5) is 13.9 Å². The number of benzene rings is 2. The monoisotopic (exact) mass is 447 g/mol. The molecule has 1 aliphatic heterocycles. The summed E-state index contributed by atoms with van der Waals surface area (Å²) < 4.78 is 27.8. The van der Waals surface area contributed by atoms with Crippen molar-refractivity contribution in [3.63, 3.8) is 0 Å². The van der Waals surface area contributed by atoms with Gasteiger partial charge in [-0.05, 0) is 23.8 Å². The van der Waals surface area contributed by atoms with E-state index in [4.69, 9.17) is 0 Å². The molecule has 0 spiro atoms. The number of hydrogen-bond donors (Lipinski definition) is 0. The zero-order valence-corrected chi connectivity index (χ0v) is 18.2. The minimum atomic E-state index is -0.633. The quantitative estimate of drug-likeness (QED) is 0.481. The molecule has 1 aliphatic rings. The molecule has 30 heavy (non-hydrogen) atoms. The summed E-state index contributed by atoms with van der Waals surface area (Å²) in [6.07, 6.45) is 1.44. The fraction of sp³-hybridized carbons (Fsp3) is 0.364. The second kappa shape index (κ2) is 9.75. The molecule has 1 fully saturated rings. The van der Waals surface area contributed by atoms with Gasteiger partial charge in [0.15, 0.2) is 10.9 Å². The van der Waals surface area contributed by atoms with Crippen LogP contribution in [0, 0.1) is 11.6 Å². The molecule has 1 aromatic heterocycles. The summed E-state index contributed by atoms with van der Waals surface area (Å²) in [6, 6.07) is 12.5. The van der Waals surface area contributed by atoms with E-state index in [2.05, 4.69) is 17.1 Å². The number of nitrogens with zero attached hydrogens (tertiary/aromatic N) is 3. The van der Waals surface area contributed by atoms with E-state index < -0.39 is 11.6 Å². The molecule has 1 amide bonds. The van der Waals surface area contributed by atoms with E-state index in [0.717, 1.165) is 24.0 Å². The van der Waals surface area contributed by atoms with Crippen molar-refractivity contribution in [3.05, 3.63) is 59.7 Å². The van der Waals surface area contributed by atoms with Crippen LogP contribution in [0.15, 0.2) is 42.5 Å². The number of rotatable bonds is 7. The standard InChI is InChI=1S/C22H23F2N3OS2/c23-17-13-18(24)21-19(14-17)30-22(25-21)27-10-8-26(9-11-27)20(28)7-4-12-29-15-16-5-2-1-3-6-16/h1-3,5-6,13-14H,4,7-12,15H2. The summed E-state index contributed by atoms with van der Waals surface area (Å²) in [4.78, 5) is 20.8. The maximum Gasteiger partial charge on any atom is 0.222 e. The van der Waals surface area contributed by atoms with E-state index in [1.54, 1.807) is 0 Å². The average Bonchev–Trinajstić information content (AvgIpc) is 3.19. The second-order valence-electron chi connectivity index (χ2n) is 7.24. The Morgan fingerprint density at radius 1 is 1.10 bits per heavy atom. The lowest BCUT2D eigenvalue weighted by molar-refractivity contribution is -0.131. The van der Waals surface area contributed by atoms with Gasteiger partial charge in [-0.25, -0.2) is 13.8 Å². The minimum Gasteiger partial charge on any atom is -0.345 e. The number of fused-ring (bicyclic) bond motifs is 1. The summed E-state index contributed by atoms with van der Waals surface area (Å²) in [6.45, 7) is 2.56. The van der Waals surface area contributed by atoms with Gasteiger partial charge >= 0.3 is 0 Å². The van der Waals surface area contributed by atoms with E-state index in [9.17, 15) is 13.6 Å². The summed E-state index contributed by atoms with van der Waals surface area (Å²) in [7, 11) is 0. The van der Waals surface area contributed by atoms with Crippen LogP contribution in [-0.4, -0.2) is 47.7 Å². The molecule has 0 N–H and O–H groups in total. The normalized spacial score (nSPS) is 14.5. The van der Waals surface area contributed by atoms with E-state index in [1.165, 1.54) is 23.0 Å². The fourth-order valence-corrected chi connectivity index (χ4v) is 5.45. The lowest BCUT2D eigenvalue weighted by Crippen LogP contribution is -2.48. The molecule has 158 valence electrons. The van der Waals surface area contributed by atoms with Gasteiger partial charge in [0, 0.05) is 44.4 Å². The third-order valence-electron chi connectivity index (χ3n) is 5.10. The highest BCUT2D eigenvalue weighted by Crippen LogP contribution is 2.31. The van der Waals surface area contributed by atoms with Crippen molar-refractivity contribution in [1.29, 1.82) is 0 Å². The number of amides is 1. The van der Waals surface area contributed by atoms with Crippen LogP contribution in [-0.2, 0) is 10.5 Å². The molecule has 0 radical (unpaired) electrons. The topological polar surface area (TPSA) is 36.4 Å². The molecular weight excluding hydrogens is 424 g/mol. The molecule has 2 aromatic carbocycles. The number of anilines is 1. The Morgan fingerprint density at radius 2 is 1.87 bits per heavy atom. The van der Waals surface area contributed by atoms with Crippen molar-refractivity contribution in [3.8, 4) is 0 Å². The van der Waals surface area contributed by atoms with Crippen molar-refractivity contribution < 1.29 is 13.6 Å². The first-order valence-electron chi connectivity index (χ1n) is 10.00. The van der Waals surface area contributed by atoms with Crippen LogP contribution in [0.3, 0.4) is 0 Å². The van der Waals surface area contributed by atoms with E-state index >= 15 is 0 Å². The number of piperazine rings is 1. The molecule has 0 saturated carbocycles. The van der Waals surface area contributed by atoms with Crippen molar-refractivity contribution in [2.45, 2.75) is 18.6 Å². The van der Waals surface area contributed by atoms with Gasteiger partial charge in [0.2, 0.25) is 5.91 Å². The predicted octanol–water partition coefficient (Wildman–Crippen LogP) is 4.94. The van der Waals surface area contributed by atoms with Gasteiger partial charge in [-0.2, -0.15) is 11.8 Å². The molecule has 0 atom stereocenters. The van der Waals surface area contributed by atoms with E-state index in [1.807, 2.05) is 39.8 Å². The van der Waals surface area contributed by atoms with Crippen molar-refractivity contribution in [2.24, 2.45) is 0 Å². The molecule has 2 heterocycles. The number of aromatic nitrogens is 1. The number of hydrogen-bond acceptors (Lipinski definition) is 5. The maximum atomic E-state index is 13.9. The third kappa shape index (κ3) is 5.10. The van der Waals surface area contributed by atoms with Crippen LogP contribution in [0.5, 0.6) is 0 Å². The van der Waals surface area contributed by atoms with Gasteiger partial charge in [0.05, 0.1) is 4.70 Å². The summed E-state index contributed by atoms with van der Waals surface area (Å²) in [5.74, 6) is 0.904. The Balaban J connectivity index is 1.21. The smallest absolute Gasteiger partial charge is 0.222 e. The lowest BCUT2D eigenvalue weighted by Gasteiger charge is -2.34. The molecule has 0 aliphatic carbocycles. The summed E-state index contributed by atoms with van der Waals surface area (Å²) in [5, 5.41) is 0.680. The van der Waals surface area contributed by atoms with Crippen molar-refractivity contribution in [2.75, 3.05) is 36.8 Å². The first-order chi connectivity index (χ1) is 14.6. The number of thiazole rings is 1. The van der Waals surface area contributed by atoms with E-state index in [0.29, 0.717) is 42.4 Å². The zero-order valence-electron chi connectivity index (χ0n) is 16.5. The average molecular weight is 448 g/mol. The Bertz CT molecular complexity index is 1000. The Hall–Kier alpha value is -2.19. The third-order valence-corrected chi connectivity index (χ3v) is 7.27. The van der Waals surface area contributed by atoms with Gasteiger partial charge in [0.25, 0.3) is 0 Å². The molecule has 8 heteroatoms. The Morgan fingerprint density at radius 3 is 2.63 bits per heavy atom. The largest absolute Gasteiger partial charge is 0.345 e. The first-order valence-corrected chi connectivity index (χ1v) is 12.0. The fourth-order valence-electron chi connectivity index (χ4n) is 3.48. The van der Waals surface area contributed by atoms with Gasteiger partial charge in [-0.3, -0.25) is 4.79 Å². The molecule has 4 rings (SSSR count). The Kier molecular flexibility index (Phi) is 6.84. The highest BCUT2D eigenvalue weighted by atomic mass is 32.2. The molecule has 0 unspecified atom stereocenters. The minimum absolute atomic E-state index is 0.187. The highest BCUT2D eigenvalue weighted by Gasteiger charge is 2.23. The van der Waals surface area contributed by atoms with Crippen LogP contribution in [0.1, 0.15) is 18.4 Å². The number of thioether (sulfide) groups is 1. The van der Waals surface area contributed by atoms with Gasteiger partial charge in [-0.15, -0.1) is 0 Å². The van der Waals surface area contributed by atoms with Crippen LogP contribution in [0.25, 0.3) is 10.2 Å². The van der Waals surface area contributed by atoms with Crippen LogP contribution >= 0.6 is 23.1 Å². The van der Waals surface area contributed by atoms with E-state index in [-0.39, 0.29) is 11.4 Å². The van der Waals surface area contributed by atoms with Gasteiger partial charge < -0.3 is 9.80 Å². The maximum absolute atomic E-state index is 13.9. The highest BCUT2D eigenvalue weighted by molar-refractivity contribution is 7.98. The number of carbonyl (C=O) groups excluding carboxylic acids is 1. The first kappa shape index (κ1) is 21.1. The predicted molar refractivity (Wildman–Crippen MR) is 120 cm³/mol. The molecular formula is C22H23F2N3OS2. The van der Waals surface area contributed by atoms with Crippen molar-refractivity contribution in [1.82, 2.24) is 9.88 Å². The van der Waals surface area contributed by atoms with Crippen molar-refractivity contribution >= 4 is 44.4 Å². The molecule has 4 nitrogen and oxygen atoms in total. The zero-order chi connectivity index (χ0) is 20.9. The van der Waals surface area contributed by atoms with Crippen LogP contribution in [0.2, 0.25) is 0 Å². The van der Waals surface area contributed by atoms with Gasteiger partial charge in [-0.1, -0.05) is 41.7 Å². The SMILES string of the molecule is O=C(CCCSCc1ccccc1)N1CCN(c2nc3c(F)cc(F)cc3s2)CC1. The molecule has 3 aromatic rings. The number of carbonyl (C=O) groups is 1. The molecule has 0 bridgehead atoms. The number of halogens is 2. The van der Waals surface area contributed by atoms with Crippen LogP contribution < -0.4 is 4.90 Å². The lowest BCUT2D eigenvalue weighted by atomic mass is 10.2. The van der Waals surface area contributed by atoms with Gasteiger partial charge in [0.1, 0.15) is 11.3 Å². The summed E-state index contributed by atoms with van der Waals surface area (Å²) in [5.41, 5.74) is 1.52.